The van der Waals surface area contributed by atoms with Crippen molar-refractivity contribution in [1.29, 1.82) is 5.41 Å². The van der Waals surface area contributed by atoms with E-state index in [0.29, 0.717) is 24.3 Å². The highest BCUT2D eigenvalue weighted by atomic mass is 16.5. The molecule has 0 bridgehead atoms. The van der Waals surface area contributed by atoms with Gasteiger partial charge in [0.25, 0.3) is 0 Å². The van der Waals surface area contributed by atoms with Crippen molar-refractivity contribution in [3.05, 3.63) is 54.1 Å². The second kappa shape index (κ2) is 11.4. The molecule has 0 unspecified atom stereocenters. The molecule has 2 aliphatic heterocycles. The number of ether oxygens (including phenoxy) is 2. The maximum atomic E-state index is 12.4. The summed E-state index contributed by atoms with van der Waals surface area (Å²) in [6.07, 6.45) is 2.35. The zero-order chi connectivity index (χ0) is 24.8. The topological polar surface area (TPSA) is 118 Å². The highest BCUT2D eigenvalue weighted by molar-refractivity contribution is 5.95. The van der Waals surface area contributed by atoms with Gasteiger partial charge < -0.3 is 25.4 Å². The predicted octanol–water partition coefficient (Wildman–Crippen LogP) is 2.94. The molecule has 186 valence electrons. The van der Waals surface area contributed by atoms with E-state index in [4.69, 9.17) is 20.6 Å². The summed E-state index contributed by atoms with van der Waals surface area (Å²) in [5.74, 6) is -0.00256. The van der Waals surface area contributed by atoms with Gasteiger partial charge in [0.2, 0.25) is 5.91 Å². The van der Waals surface area contributed by atoms with Crippen LogP contribution in [0.5, 0.6) is 5.75 Å². The summed E-state index contributed by atoms with van der Waals surface area (Å²) >= 11 is 0. The van der Waals surface area contributed by atoms with Crippen LogP contribution in [0.2, 0.25) is 0 Å². The number of nitrogen functional groups attached to an aromatic ring is 1. The number of benzene rings is 2. The first-order valence-electron chi connectivity index (χ1n) is 12.3. The molecule has 8 nitrogen and oxygen atoms in total. The number of nitrogens with one attached hydrogen (secondary N) is 2. The molecule has 35 heavy (non-hydrogen) atoms. The van der Waals surface area contributed by atoms with E-state index in [1.807, 2.05) is 48.5 Å². The van der Waals surface area contributed by atoms with Crippen molar-refractivity contribution in [3.8, 4) is 16.9 Å². The molecule has 2 aromatic rings. The minimum atomic E-state index is -0.368. The van der Waals surface area contributed by atoms with Crippen LogP contribution >= 0.6 is 0 Å². The molecule has 0 aliphatic carbocycles. The number of carbonyl (C=O) groups is 2. The summed E-state index contributed by atoms with van der Waals surface area (Å²) < 4.78 is 11.5. The lowest BCUT2D eigenvalue weighted by molar-refractivity contribution is -0.153. The summed E-state index contributed by atoms with van der Waals surface area (Å²) in [7, 11) is 0. The van der Waals surface area contributed by atoms with Crippen LogP contribution < -0.4 is 15.8 Å². The first-order chi connectivity index (χ1) is 16.9. The van der Waals surface area contributed by atoms with Crippen molar-refractivity contribution in [3.63, 3.8) is 0 Å². The van der Waals surface area contributed by atoms with Crippen LogP contribution in [-0.4, -0.2) is 61.0 Å². The number of likely N-dealkylation sites (tertiary alicyclic amines) is 1. The molecule has 0 radical (unpaired) electrons. The second-order valence-corrected chi connectivity index (χ2v) is 9.29. The number of esters is 1. The third-order valence-electron chi connectivity index (χ3n) is 6.81. The lowest BCUT2D eigenvalue weighted by Gasteiger charge is -2.30. The van der Waals surface area contributed by atoms with Crippen LogP contribution in [0.1, 0.15) is 38.2 Å². The number of nitrogens with zero attached hydrogens (tertiary/aromatic N) is 1. The normalized spacial score (nSPS) is 20.9. The molecule has 2 saturated heterocycles. The Labute approximate surface area is 206 Å². The second-order valence-electron chi connectivity index (χ2n) is 9.29. The Hall–Kier alpha value is -3.39. The number of amidine groups is 1. The number of carbonyl (C=O) groups excluding carboxylic acids is 2. The fraction of sp³-hybridized carbons (Fsp3) is 0.444. The van der Waals surface area contributed by atoms with E-state index >= 15 is 0 Å². The van der Waals surface area contributed by atoms with E-state index in [2.05, 4.69) is 17.1 Å². The van der Waals surface area contributed by atoms with Crippen LogP contribution in [0.25, 0.3) is 11.1 Å². The first-order valence-corrected chi connectivity index (χ1v) is 12.3. The molecule has 2 aliphatic rings. The van der Waals surface area contributed by atoms with E-state index in [1.54, 1.807) is 0 Å². The third kappa shape index (κ3) is 6.60. The third-order valence-corrected chi connectivity index (χ3v) is 6.81. The summed E-state index contributed by atoms with van der Waals surface area (Å²) in [6, 6.07) is 15.1. The van der Waals surface area contributed by atoms with Gasteiger partial charge in [-0.1, -0.05) is 43.3 Å². The van der Waals surface area contributed by atoms with Gasteiger partial charge in [0, 0.05) is 18.7 Å². The SMILES string of the molecule is CCN1CCC(OC(=O)C[C@@H]2C[C@@H](COc3ccc(-c4ccc(C(=N)N)cc4)cc3)NC2=O)CC1. The average molecular weight is 479 g/mol. The lowest BCUT2D eigenvalue weighted by Crippen LogP contribution is -2.37. The highest BCUT2D eigenvalue weighted by Crippen LogP contribution is 2.25. The van der Waals surface area contributed by atoms with Gasteiger partial charge in [-0.05, 0) is 49.1 Å². The Bertz CT molecular complexity index is 1030. The van der Waals surface area contributed by atoms with E-state index in [9.17, 15) is 9.59 Å². The highest BCUT2D eigenvalue weighted by Gasteiger charge is 2.35. The van der Waals surface area contributed by atoms with Crippen LogP contribution in [-0.2, 0) is 14.3 Å². The molecular formula is C27H34N4O4. The molecular weight excluding hydrogens is 444 g/mol. The lowest BCUT2D eigenvalue weighted by atomic mass is 10.0. The number of nitrogens with two attached hydrogens (primary N) is 1. The molecule has 2 aromatic carbocycles. The van der Waals surface area contributed by atoms with Crippen molar-refractivity contribution >= 4 is 17.7 Å². The zero-order valence-corrected chi connectivity index (χ0v) is 20.2. The Kier molecular flexibility index (Phi) is 8.02. The van der Waals surface area contributed by atoms with Crippen molar-refractivity contribution in [2.24, 2.45) is 11.7 Å². The van der Waals surface area contributed by atoms with E-state index in [1.165, 1.54) is 0 Å². The molecule has 8 heteroatoms. The summed E-state index contributed by atoms with van der Waals surface area (Å²) in [5.41, 5.74) is 8.25. The van der Waals surface area contributed by atoms with E-state index in [0.717, 1.165) is 43.6 Å². The fourth-order valence-corrected chi connectivity index (χ4v) is 4.68. The van der Waals surface area contributed by atoms with Gasteiger partial charge in [-0.15, -0.1) is 0 Å². The Morgan fingerprint density at radius 3 is 2.31 bits per heavy atom. The summed E-state index contributed by atoms with van der Waals surface area (Å²) in [5, 5.41) is 10.4. The quantitative estimate of drug-likeness (QED) is 0.290. The van der Waals surface area contributed by atoms with Crippen molar-refractivity contribution in [1.82, 2.24) is 10.2 Å². The van der Waals surface area contributed by atoms with Gasteiger partial charge in [0.05, 0.1) is 18.4 Å². The van der Waals surface area contributed by atoms with E-state index in [-0.39, 0.29) is 42.2 Å². The van der Waals surface area contributed by atoms with Gasteiger partial charge >= 0.3 is 5.97 Å². The summed E-state index contributed by atoms with van der Waals surface area (Å²) in [6.45, 7) is 5.40. The van der Waals surface area contributed by atoms with Crippen molar-refractivity contribution < 1.29 is 19.1 Å². The monoisotopic (exact) mass is 478 g/mol. The molecule has 4 N–H and O–H groups in total. The first kappa shape index (κ1) is 24.7. The fourth-order valence-electron chi connectivity index (χ4n) is 4.68. The number of rotatable bonds is 9. The Morgan fingerprint density at radius 1 is 1.09 bits per heavy atom. The Balaban J connectivity index is 1.21. The van der Waals surface area contributed by atoms with Gasteiger partial charge in [-0.3, -0.25) is 15.0 Å². The summed E-state index contributed by atoms with van der Waals surface area (Å²) in [4.78, 5) is 27.1. The largest absolute Gasteiger partial charge is 0.491 e. The standard InChI is InChI=1S/C27H34N4O4/c1-2-31-13-11-24(12-14-31)35-25(32)16-21-15-22(30-27(21)33)17-34-23-9-7-19(8-10-23)18-3-5-20(6-4-18)26(28)29/h3-10,21-22,24H,2,11-17H2,1H3,(H3,28,29)(H,30,33)/t21-,22-/m0/s1. The number of amides is 1. The molecule has 1 amide bonds. The number of piperidine rings is 1. The molecule has 0 saturated carbocycles. The van der Waals surface area contributed by atoms with Gasteiger partial charge in [-0.2, -0.15) is 0 Å². The molecule has 4 rings (SSSR count). The zero-order valence-electron chi connectivity index (χ0n) is 20.2. The van der Waals surface area contributed by atoms with Gasteiger partial charge in [0.15, 0.2) is 0 Å². The number of hydrogen-bond acceptors (Lipinski definition) is 6. The average Bonchev–Trinajstić information content (AvgIpc) is 3.22. The van der Waals surface area contributed by atoms with Crippen LogP contribution in [0, 0.1) is 11.3 Å². The van der Waals surface area contributed by atoms with Crippen LogP contribution in [0.4, 0.5) is 0 Å². The maximum absolute atomic E-state index is 12.4. The van der Waals surface area contributed by atoms with Crippen molar-refractivity contribution in [2.45, 2.75) is 44.8 Å². The predicted molar refractivity (Wildman–Crippen MR) is 134 cm³/mol. The minimum Gasteiger partial charge on any atom is -0.491 e. The smallest absolute Gasteiger partial charge is 0.306 e. The van der Waals surface area contributed by atoms with E-state index < -0.39 is 0 Å². The van der Waals surface area contributed by atoms with Crippen LogP contribution in [0.3, 0.4) is 0 Å². The maximum Gasteiger partial charge on any atom is 0.306 e. The molecule has 0 aromatic heterocycles. The Morgan fingerprint density at radius 2 is 1.71 bits per heavy atom. The molecule has 0 spiro atoms. The van der Waals surface area contributed by atoms with Crippen molar-refractivity contribution in [2.75, 3.05) is 26.2 Å². The molecule has 2 fully saturated rings. The molecule has 2 atom stereocenters. The molecule has 2 heterocycles. The number of hydrogen-bond donors (Lipinski definition) is 3. The van der Waals surface area contributed by atoms with Crippen LogP contribution in [0.15, 0.2) is 48.5 Å². The van der Waals surface area contributed by atoms with Gasteiger partial charge in [0.1, 0.15) is 24.3 Å². The van der Waals surface area contributed by atoms with Gasteiger partial charge in [-0.25, -0.2) is 0 Å². The minimum absolute atomic E-state index is 0.0380.